The molecule has 0 aromatic heterocycles. The number of hydrogen-bond acceptors (Lipinski definition) is 4. The molecule has 2 fully saturated rings. The number of nitrogens with zero attached hydrogens (tertiary/aromatic N) is 2. The maximum Gasteiger partial charge on any atom is 0.236 e. The van der Waals surface area contributed by atoms with E-state index in [1.54, 1.807) is 0 Å². The largest absolute Gasteiger partial charge is 0.375 e. The van der Waals surface area contributed by atoms with Crippen molar-refractivity contribution in [1.82, 2.24) is 9.80 Å². The highest BCUT2D eigenvalue weighted by molar-refractivity contribution is 5.78. The highest BCUT2D eigenvalue weighted by atomic mass is 16.5. The molecule has 2 N–H and O–H groups in total. The van der Waals surface area contributed by atoms with Crippen molar-refractivity contribution in [1.29, 1.82) is 0 Å². The smallest absolute Gasteiger partial charge is 0.236 e. The molecule has 5 nitrogen and oxygen atoms in total. The van der Waals surface area contributed by atoms with Gasteiger partial charge in [0.05, 0.1) is 19.3 Å². The van der Waals surface area contributed by atoms with Gasteiger partial charge in [-0.25, -0.2) is 0 Å². The van der Waals surface area contributed by atoms with Crippen LogP contribution in [0.15, 0.2) is 0 Å². The summed E-state index contributed by atoms with van der Waals surface area (Å²) in [7, 11) is 2.07. The van der Waals surface area contributed by atoms with Gasteiger partial charge in [-0.3, -0.25) is 9.69 Å². The van der Waals surface area contributed by atoms with Crippen molar-refractivity contribution in [2.45, 2.75) is 44.8 Å². The minimum absolute atomic E-state index is 0.157. The van der Waals surface area contributed by atoms with Crippen LogP contribution in [0, 0.1) is 5.92 Å². The molecular formula is C15H29N3O2. The third-order valence-corrected chi connectivity index (χ3v) is 4.72. The van der Waals surface area contributed by atoms with E-state index in [9.17, 15) is 4.79 Å². The van der Waals surface area contributed by atoms with Gasteiger partial charge in [0.15, 0.2) is 0 Å². The average molecular weight is 283 g/mol. The van der Waals surface area contributed by atoms with Crippen molar-refractivity contribution in [3.63, 3.8) is 0 Å². The summed E-state index contributed by atoms with van der Waals surface area (Å²) in [5, 5.41) is 0. The van der Waals surface area contributed by atoms with Crippen molar-refractivity contribution in [2.24, 2.45) is 11.7 Å². The molecule has 2 aliphatic rings. The van der Waals surface area contributed by atoms with Gasteiger partial charge < -0.3 is 15.4 Å². The minimum atomic E-state index is 0.157. The molecular weight excluding hydrogens is 254 g/mol. The zero-order valence-corrected chi connectivity index (χ0v) is 12.9. The van der Waals surface area contributed by atoms with Crippen LogP contribution in [0.3, 0.4) is 0 Å². The molecule has 1 amide bonds. The van der Waals surface area contributed by atoms with E-state index >= 15 is 0 Å². The molecule has 0 aromatic rings. The summed E-state index contributed by atoms with van der Waals surface area (Å²) < 4.78 is 5.49. The zero-order chi connectivity index (χ0) is 14.5. The summed E-state index contributed by atoms with van der Waals surface area (Å²) in [4.78, 5) is 16.5. The molecule has 0 aromatic carbocycles. The Kier molecular flexibility index (Phi) is 5.81. The lowest BCUT2D eigenvalue weighted by Crippen LogP contribution is -2.51. The van der Waals surface area contributed by atoms with Gasteiger partial charge in [0, 0.05) is 19.1 Å². The fraction of sp³-hybridized carbons (Fsp3) is 0.933. The maximum atomic E-state index is 12.4. The SMILES string of the molecule is CC1CN(C(=O)CN(C)C2CCCCC2CN)CCO1. The van der Waals surface area contributed by atoms with Gasteiger partial charge in [0.2, 0.25) is 5.91 Å². The highest BCUT2D eigenvalue weighted by Crippen LogP contribution is 2.27. The van der Waals surface area contributed by atoms with E-state index in [0.717, 1.165) is 19.6 Å². The van der Waals surface area contributed by atoms with Crippen LogP contribution in [0.1, 0.15) is 32.6 Å². The predicted octanol–water partition coefficient (Wildman–Crippen LogP) is 0.683. The summed E-state index contributed by atoms with van der Waals surface area (Å²) in [5.74, 6) is 0.772. The fourth-order valence-electron chi connectivity index (χ4n) is 3.52. The number of morpholine rings is 1. The lowest BCUT2D eigenvalue weighted by Gasteiger charge is -2.39. The normalized spacial score (nSPS) is 31.6. The monoisotopic (exact) mass is 283 g/mol. The Hall–Kier alpha value is -0.650. The molecule has 116 valence electrons. The number of carbonyl (C=O) groups is 1. The Morgan fingerprint density at radius 3 is 2.85 bits per heavy atom. The van der Waals surface area contributed by atoms with Crippen molar-refractivity contribution < 1.29 is 9.53 Å². The van der Waals surface area contributed by atoms with Crippen molar-refractivity contribution >= 4 is 5.91 Å². The van der Waals surface area contributed by atoms with E-state index in [4.69, 9.17) is 10.5 Å². The molecule has 0 spiro atoms. The number of amides is 1. The van der Waals surface area contributed by atoms with Crippen LogP contribution in [0.4, 0.5) is 0 Å². The third kappa shape index (κ3) is 3.93. The molecule has 3 atom stereocenters. The molecule has 1 aliphatic heterocycles. The van der Waals surface area contributed by atoms with E-state index in [-0.39, 0.29) is 12.0 Å². The standard InChI is InChI=1S/C15H29N3O2/c1-12-10-18(7-8-20-12)15(19)11-17(2)14-6-4-3-5-13(14)9-16/h12-14H,3-11,16H2,1-2H3. The highest BCUT2D eigenvalue weighted by Gasteiger charge is 2.30. The second-order valence-corrected chi connectivity index (χ2v) is 6.28. The first-order valence-corrected chi connectivity index (χ1v) is 7.91. The van der Waals surface area contributed by atoms with Crippen LogP contribution in [-0.2, 0) is 9.53 Å². The topological polar surface area (TPSA) is 58.8 Å². The number of likely N-dealkylation sites (N-methyl/N-ethyl adjacent to an activating group) is 1. The average Bonchev–Trinajstić information content (AvgIpc) is 2.47. The quantitative estimate of drug-likeness (QED) is 0.824. The van der Waals surface area contributed by atoms with E-state index in [1.165, 1.54) is 25.7 Å². The van der Waals surface area contributed by atoms with Gasteiger partial charge >= 0.3 is 0 Å². The molecule has 1 aliphatic carbocycles. The van der Waals surface area contributed by atoms with Crippen LogP contribution in [0.2, 0.25) is 0 Å². The summed E-state index contributed by atoms with van der Waals surface area (Å²) in [6.45, 7) is 5.37. The zero-order valence-electron chi connectivity index (χ0n) is 12.9. The third-order valence-electron chi connectivity index (χ3n) is 4.72. The summed E-state index contributed by atoms with van der Waals surface area (Å²) in [6.07, 6.45) is 5.07. The Morgan fingerprint density at radius 2 is 2.15 bits per heavy atom. The van der Waals surface area contributed by atoms with Crippen molar-refractivity contribution in [3.8, 4) is 0 Å². The first kappa shape index (κ1) is 15.7. The van der Waals surface area contributed by atoms with Gasteiger partial charge in [0.25, 0.3) is 0 Å². The van der Waals surface area contributed by atoms with Crippen LogP contribution >= 0.6 is 0 Å². The molecule has 20 heavy (non-hydrogen) atoms. The molecule has 1 saturated heterocycles. The van der Waals surface area contributed by atoms with Gasteiger partial charge in [0.1, 0.15) is 0 Å². The second-order valence-electron chi connectivity index (χ2n) is 6.28. The summed E-state index contributed by atoms with van der Waals surface area (Å²) in [5.41, 5.74) is 5.88. The number of ether oxygens (including phenoxy) is 1. The summed E-state index contributed by atoms with van der Waals surface area (Å²) in [6, 6.07) is 0.469. The first-order valence-electron chi connectivity index (χ1n) is 7.91. The van der Waals surface area contributed by atoms with Crippen molar-refractivity contribution in [3.05, 3.63) is 0 Å². The van der Waals surface area contributed by atoms with Gasteiger partial charge in [-0.15, -0.1) is 0 Å². The molecule has 0 radical (unpaired) electrons. The Bertz CT molecular complexity index is 324. The molecule has 0 bridgehead atoms. The molecule has 3 unspecified atom stereocenters. The van der Waals surface area contributed by atoms with Gasteiger partial charge in [-0.05, 0) is 39.3 Å². The van der Waals surface area contributed by atoms with E-state index in [1.807, 2.05) is 11.8 Å². The molecule has 1 heterocycles. The van der Waals surface area contributed by atoms with Crippen LogP contribution in [-0.4, -0.2) is 67.7 Å². The number of carbonyl (C=O) groups excluding carboxylic acids is 1. The Labute approximate surface area is 122 Å². The van der Waals surface area contributed by atoms with Crippen LogP contribution < -0.4 is 5.73 Å². The lowest BCUT2D eigenvalue weighted by atomic mass is 9.84. The lowest BCUT2D eigenvalue weighted by molar-refractivity contribution is -0.139. The van der Waals surface area contributed by atoms with Crippen molar-refractivity contribution in [2.75, 3.05) is 39.8 Å². The number of rotatable bonds is 4. The Balaban J connectivity index is 1.86. The van der Waals surface area contributed by atoms with Gasteiger partial charge in [-0.2, -0.15) is 0 Å². The van der Waals surface area contributed by atoms with E-state index < -0.39 is 0 Å². The van der Waals surface area contributed by atoms with Gasteiger partial charge in [-0.1, -0.05) is 12.8 Å². The number of hydrogen-bond donors (Lipinski definition) is 1. The molecule has 1 saturated carbocycles. The van der Waals surface area contributed by atoms with E-state index in [2.05, 4.69) is 11.9 Å². The molecule has 2 rings (SSSR count). The summed E-state index contributed by atoms with van der Waals surface area (Å²) >= 11 is 0. The Morgan fingerprint density at radius 1 is 1.40 bits per heavy atom. The fourth-order valence-corrected chi connectivity index (χ4v) is 3.52. The molecule has 5 heteroatoms. The first-order chi connectivity index (χ1) is 9.61. The van der Waals surface area contributed by atoms with E-state index in [0.29, 0.717) is 25.1 Å². The van der Waals surface area contributed by atoms with Crippen LogP contribution in [0.5, 0.6) is 0 Å². The maximum absolute atomic E-state index is 12.4. The predicted molar refractivity (Wildman–Crippen MR) is 79.4 cm³/mol. The number of nitrogens with two attached hydrogens (primary N) is 1. The second kappa shape index (κ2) is 7.38. The minimum Gasteiger partial charge on any atom is -0.375 e. The van der Waals surface area contributed by atoms with Crippen LogP contribution in [0.25, 0.3) is 0 Å².